The molecule has 0 aliphatic rings. The van der Waals surface area contributed by atoms with E-state index >= 15 is 0 Å². The van der Waals surface area contributed by atoms with Crippen molar-refractivity contribution in [1.82, 2.24) is 4.90 Å². The van der Waals surface area contributed by atoms with Crippen LogP contribution in [0.3, 0.4) is 0 Å². The van der Waals surface area contributed by atoms with E-state index in [0.29, 0.717) is 10.6 Å². The topological polar surface area (TPSA) is 20.3 Å². The van der Waals surface area contributed by atoms with Gasteiger partial charge in [0.05, 0.1) is 10.6 Å². The van der Waals surface area contributed by atoms with Crippen LogP contribution in [0.25, 0.3) is 0 Å². The minimum absolute atomic E-state index is 0.0303. The molecule has 1 amide bonds. The lowest BCUT2D eigenvalue weighted by molar-refractivity contribution is 0.0737. The molecule has 2 nitrogen and oxygen atoms in total. The number of hydrogen-bond acceptors (Lipinski definition) is 1. The third kappa shape index (κ3) is 3.46. The minimum Gasteiger partial charge on any atom is -0.339 e. The SMILES string of the molecule is CCCC(C)N(C)C(=O)c1cccc(Br)c1Cl. The molecule has 1 atom stereocenters. The Balaban J connectivity index is 2.93. The van der Waals surface area contributed by atoms with E-state index in [1.54, 1.807) is 11.0 Å². The molecule has 0 aliphatic heterocycles. The largest absolute Gasteiger partial charge is 0.339 e. The molecule has 0 aromatic heterocycles. The van der Waals surface area contributed by atoms with Crippen LogP contribution < -0.4 is 0 Å². The second-order valence-corrected chi connectivity index (χ2v) is 5.39. The fourth-order valence-corrected chi connectivity index (χ4v) is 2.24. The maximum atomic E-state index is 12.3. The van der Waals surface area contributed by atoms with E-state index in [0.717, 1.165) is 17.3 Å². The van der Waals surface area contributed by atoms with E-state index in [2.05, 4.69) is 22.9 Å². The van der Waals surface area contributed by atoms with Gasteiger partial charge in [-0.1, -0.05) is 31.0 Å². The van der Waals surface area contributed by atoms with Gasteiger partial charge in [0.15, 0.2) is 0 Å². The molecule has 17 heavy (non-hydrogen) atoms. The maximum absolute atomic E-state index is 12.3. The second-order valence-electron chi connectivity index (χ2n) is 4.16. The number of carbonyl (C=O) groups is 1. The standard InChI is InChI=1S/C13H17BrClNO/c1-4-6-9(2)16(3)13(17)10-7-5-8-11(14)12(10)15/h5,7-9H,4,6H2,1-3H3. The lowest BCUT2D eigenvalue weighted by atomic mass is 10.1. The summed E-state index contributed by atoms with van der Waals surface area (Å²) in [5.41, 5.74) is 0.548. The monoisotopic (exact) mass is 317 g/mol. The Morgan fingerprint density at radius 2 is 2.18 bits per heavy atom. The highest BCUT2D eigenvalue weighted by molar-refractivity contribution is 9.10. The first-order chi connectivity index (χ1) is 7.99. The molecule has 0 aliphatic carbocycles. The zero-order chi connectivity index (χ0) is 13.0. The predicted molar refractivity (Wildman–Crippen MR) is 75.6 cm³/mol. The van der Waals surface area contributed by atoms with Crippen LogP contribution in [0.2, 0.25) is 5.02 Å². The number of carbonyl (C=O) groups excluding carboxylic acids is 1. The molecule has 0 radical (unpaired) electrons. The van der Waals surface area contributed by atoms with E-state index in [9.17, 15) is 4.79 Å². The maximum Gasteiger partial charge on any atom is 0.255 e. The number of halogens is 2. The first-order valence-electron chi connectivity index (χ1n) is 5.70. The molecule has 0 N–H and O–H groups in total. The van der Waals surface area contributed by atoms with Gasteiger partial charge in [0.25, 0.3) is 5.91 Å². The molecule has 0 spiro atoms. The molecule has 0 fully saturated rings. The van der Waals surface area contributed by atoms with Crippen molar-refractivity contribution < 1.29 is 4.79 Å². The van der Waals surface area contributed by atoms with Crippen LogP contribution in [0.5, 0.6) is 0 Å². The highest BCUT2D eigenvalue weighted by atomic mass is 79.9. The normalized spacial score (nSPS) is 12.3. The van der Waals surface area contributed by atoms with Crippen molar-refractivity contribution in [1.29, 1.82) is 0 Å². The van der Waals surface area contributed by atoms with Gasteiger partial charge in [0.2, 0.25) is 0 Å². The van der Waals surface area contributed by atoms with Crippen molar-refractivity contribution >= 4 is 33.4 Å². The average molecular weight is 319 g/mol. The van der Waals surface area contributed by atoms with Gasteiger partial charge < -0.3 is 4.90 Å². The van der Waals surface area contributed by atoms with Crippen LogP contribution in [0.1, 0.15) is 37.0 Å². The van der Waals surface area contributed by atoms with Gasteiger partial charge >= 0.3 is 0 Å². The lowest BCUT2D eigenvalue weighted by Crippen LogP contribution is -2.35. The molecule has 94 valence electrons. The molecule has 1 aromatic carbocycles. The summed E-state index contributed by atoms with van der Waals surface area (Å²) in [6, 6.07) is 5.63. The van der Waals surface area contributed by atoms with Crippen LogP contribution in [-0.4, -0.2) is 23.9 Å². The molecule has 1 unspecified atom stereocenters. The van der Waals surface area contributed by atoms with Crippen molar-refractivity contribution in [3.05, 3.63) is 33.3 Å². The second kappa shape index (κ2) is 6.41. The molecule has 0 bridgehead atoms. The summed E-state index contributed by atoms with van der Waals surface area (Å²) >= 11 is 9.45. The number of amides is 1. The zero-order valence-corrected chi connectivity index (χ0v) is 12.7. The van der Waals surface area contributed by atoms with E-state index in [1.165, 1.54) is 0 Å². The van der Waals surface area contributed by atoms with Crippen LogP contribution >= 0.6 is 27.5 Å². The smallest absolute Gasteiger partial charge is 0.255 e. The minimum atomic E-state index is -0.0303. The molecule has 0 saturated carbocycles. The summed E-state index contributed by atoms with van der Waals surface area (Å²) in [4.78, 5) is 14.0. The van der Waals surface area contributed by atoms with Crippen molar-refractivity contribution in [2.75, 3.05) is 7.05 Å². The molecule has 1 aromatic rings. The van der Waals surface area contributed by atoms with E-state index in [4.69, 9.17) is 11.6 Å². The molecule has 4 heteroatoms. The van der Waals surface area contributed by atoms with Crippen molar-refractivity contribution in [2.24, 2.45) is 0 Å². The average Bonchev–Trinajstić information content (AvgIpc) is 2.31. The van der Waals surface area contributed by atoms with Crippen molar-refractivity contribution in [2.45, 2.75) is 32.7 Å². The molecule has 0 heterocycles. The van der Waals surface area contributed by atoms with Crippen LogP contribution in [-0.2, 0) is 0 Å². The predicted octanol–water partition coefficient (Wildman–Crippen LogP) is 4.36. The molecular formula is C13H17BrClNO. The quantitative estimate of drug-likeness (QED) is 0.807. The van der Waals surface area contributed by atoms with Gasteiger partial charge in [-0.05, 0) is 41.4 Å². The van der Waals surface area contributed by atoms with Gasteiger partial charge in [-0.25, -0.2) is 0 Å². The van der Waals surface area contributed by atoms with Crippen LogP contribution in [0.4, 0.5) is 0 Å². The van der Waals surface area contributed by atoms with Crippen molar-refractivity contribution in [3.63, 3.8) is 0 Å². The Morgan fingerprint density at radius 3 is 2.76 bits per heavy atom. The lowest BCUT2D eigenvalue weighted by Gasteiger charge is -2.25. The summed E-state index contributed by atoms with van der Waals surface area (Å²) < 4.78 is 0.751. The fraction of sp³-hybridized carbons (Fsp3) is 0.462. The summed E-state index contributed by atoms with van der Waals surface area (Å²) in [7, 11) is 1.82. The van der Waals surface area contributed by atoms with E-state index in [-0.39, 0.29) is 11.9 Å². The van der Waals surface area contributed by atoms with Crippen molar-refractivity contribution in [3.8, 4) is 0 Å². The zero-order valence-electron chi connectivity index (χ0n) is 10.3. The Hall–Kier alpha value is -0.540. The van der Waals surface area contributed by atoms with Crippen LogP contribution in [0, 0.1) is 0 Å². The third-order valence-corrected chi connectivity index (χ3v) is 4.17. The summed E-state index contributed by atoms with van der Waals surface area (Å²) in [6.07, 6.45) is 2.05. The number of benzene rings is 1. The van der Waals surface area contributed by atoms with Gasteiger partial charge in [0, 0.05) is 17.6 Å². The van der Waals surface area contributed by atoms with Gasteiger partial charge in [-0.15, -0.1) is 0 Å². The summed E-state index contributed by atoms with van der Waals surface area (Å²) in [5, 5.41) is 0.480. The summed E-state index contributed by atoms with van der Waals surface area (Å²) in [6.45, 7) is 4.16. The Kier molecular flexibility index (Phi) is 5.47. The number of rotatable bonds is 4. The Labute approximate surface area is 116 Å². The van der Waals surface area contributed by atoms with Crippen LogP contribution in [0.15, 0.2) is 22.7 Å². The van der Waals surface area contributed by atoms with E-state index in [1.807, 2.05) is 26.1 Å². The Bertz CT molecular complexity index is 408. The highest BCUT2D eigenvalue weighted by Crippen LogP contribution is 2.27. The number of nitrogens with zero attached hydrogens (tertiary/aromatic N) is 1. The first kappa shape index (κ1) is 14.5. The van der Waals surface area contributed by atoms with Gasteiger partial charge in [-0.2, -0.15) is 0 Å². The molecule has 1 rings (SSSR count). The number of hydrogen-bond donors (Lipinski definition) is 0. The first-order valence-corrected chi connectivity index (χ1v) is 6.87. The van der Waals surface area contributed by atoms with Gasteiger partial charge in [0.1, 0.15) is 0 Å². The summed E-state index contributed by atoms with van der Waals surface area (Å²) in [5.74, 6) is -0.0303. The van der Waals surface area contributed by atoms with E-state index < -0.39 is 0 Å². The van der Waals surface area contributed by atoms with Gasteiger partial charge in [-0.3, -0.25) is 4.79 Å². The highest BCUT2D eigenvalue weighted by Gasteiger charge is 2.19. The fourth-order valence-electron chi connectivity index (χ4n) is 1.67. The third-order valence-electron chi connectivity index (χ3n) is 2.87. The Morgan fingerprint density at radius 1 is 1.53 bits per heavy atom. The molecular weight excluding hydrogens is 302 g/mol. The molecule has 0 saturated heterocycles.